The van der Waals surface area contributed by atoms with Crippen molar-refractivity contribution in [2.45, 2.75) is 0 Å². The van der Waals surface area contributed by atoms with E-state index in [2.05, 4.69) is 32.8 Å². The minimum Gasteiger partial charge on any atom is -0.149 e. The molecule has 0 N–H and O–H groups in total. The molecule has 2 aromatic rings. The van der Waals surface area contributed by atoms with Crippen LogP contribution >= 0.6 is 34.2 Å². The van der Waals surface area contributed by atoms with Crippen LogP contribution in [-0.4, -0.2) is 10.2 Å². The van der Waals surface area contributed by atoms with Crippen LogP contribution in [0.2, 0.25) is 5.15 Å². The number of nitrogens with zero attached hydrogens (tertiary/aromatic N) is 2. The van der Waals surface area contributed by atoms with Crippen molar-refractivity contribution in [2.24, 2.45) is 0 Å². The molecule has 0 fully saturated rings. The number of hydrogen-bond acceptors (Lipinski definition) is 2. The molecule has 60 valence electrons. The third-order valence-corrected chi connectivity index (χ3v) is 3.24. The van der Waals surface area contributed by atoms with Crippen LogP contribution < -0.4 is 0 Å². The first-order chi connectivity index (χ1) is 5.79. The summed E-state index contributed by atoms with van der Waals surface area (Å²) in [6, 6.07) is 7.79. The Morgan fingerprint density at radius 2 is 1.92 bits per heavy atom. The highest BCUT2D eigenvalue weighted by Gasteiger charge is 2.03. The normalized spacial score (nSPS) is 10.5. The zero-order valence-electron chi connectivity index (χ0n) is 5.96. The van der Waals surface area contributed by atoms with Crippen LogP contribution in [0.15, 0.2) is 24.3 Å². The second-order valence-corrected chi connectivity index (χ2v) is 3.76. The van der Waals surface area contributed by atoms with Crippen molar-refractivity contribution >= 4 is 45.1 Å². The Labute approximate surface area is 88.1 Å². The molecule has 0 aliphatic carbocycles. The van der Waals surface area contributed by atoms with E-state index in [0.29, 0.717) is 5.15 Å². The summed E-state index contributed by atoms with van der Waals surface area (Å²) < 4.78 is 0.958. The maximum Gasteiger partial charge on any atom is 0.165 e. The minimum absolute atomic E-state index is 0.467. The molecule has 2 nitrogen and oxygen atoms in total. The Balaban J connectivity index is 2.91. The van der Waals surface area contributed by atoms with Gasteiger partial charge in [0, 0.05) is 5.39 Å². The van der Waals surface area contributed by atoms with Crippen molar-refractivity contribution < 1.29 is 0 Å². The predicted molar refractivity (Wildman–Crippen MR) is 57.3 cm³/mol. The van der Waals surface area contributed by atoms with Gasteiger partial charge in [-0.05, 0) is 28.7 Å². The van der Waals surface area contributed by atoms with Crippen LogP contribution in [-0.2, 0) is 0 Å². The van der Waals surface area contributed by atoms with Gasteiger partial charge >= 0.3 is 0 Å². The lowest BCUT2D eigenvalue weighted by Crippen LogP contribution is -1.88. The van der Waals surface area contributed by atoms with Crippen LogP contribution in [0.4, 0.5) is 0 Å². The molecule has 0 unspecified atom stereocenters. The number of fused-ring (bicyclic) bond motifs is 1. The van der Waals surface area contributed by atoms with Gasteiger partial charge in [-0.2, -0.15) is 0 Å². The molecule has 0 aliphatic heterocycles. The lowest BCUT2D eigenvalue weighted by molar-refractivity contribution is 1.07. The maximum absolute atomic E-state index is 5.81. The van der Waals surface area contributed by atoms with Crippen LogP contribution in [0, 0.1) is 3.57 Å². The summed E-state index contributed by atoms with van der Waals surface area (Å²) in [6.45, 7) is 0. The molecule has 1 aromatic heterocycles. The SMILES string of the molecule is Clc1nnc2ccccc2c1I. The molecule has 1 aromatic carbocycles. The highest BCUT2D eigenvalue weighted by atomic mass is 127. The van der Waals surface area contributed by atoms with Crippen molar-refractivity contribution in [1.29, 1.82) is 0 Å². The summed E-state index contributed by atoms with van der Waals surface area (Å²) in [5.41, 5.74) is 0.881. The summed E-state index contributed by atoms with van der Waals surface area (Å²) in [6.07, 6.45) is 0. The number of hydrogen-bond donors (Lipinski definition) is 0. The van der Waals surface area contributed by atoms with Crippen molar-refractivity contribution in [2.75, 3.05) is 0 Å². The van der Waals surface area contributed by atoms with Gasteiger partial charge in [0.1, 0.15) is 0 Å². The fourth-order valence-corrected chi connectivity index (χ4v) is 1.70. The molecule has 0 radical (unpaired) electrons. The van der Waals surface area contributed by atoms with Crippen molar-refractivity contribution in [3.05, 3.63) is 33.0 Å². The Morgan fingerprint density at radius 1 is 1.17 bits per heavy atom. The van der Waals surface area contributed by atoms with Crippen molar-refractivity contribution in [3.8, 4) is 0 Å². The van der Waals surface area contributed by atoms with Gasteiger partial charge in [0.2, 0.25) is 0 Å². The van der Waals surface area contributed by atoms with E-state index in [0.717, 1.165) is 14.5 Å². The molecule has 0 saturated heterocycles. The Kier molecular flexibility index (Phi) is 2.14. The number of aromatic nitrogens is 2. The lowest BCUT2D eigenvalue weighted by Gasteiger charge is -1.98. The summed E-state index contributed by atoms with van der Waals surface area (Å²) in [4.78, 5) is 0. The van der Waals surface area contributed by atoms with E-state index in [1.54, 1.807) is 0 Å². The molecule has 0 bridgehead atoms. The van der Waals surface area contributed by atoms with Gasteiger partial charge in [-0.15, -0.1) is 10.2 Å². The van der Waals surface area contributed by atoms with E-state index in [1.165, 1.54) is 0 Å². The van der Waals surface area contributed by atoms with Crippen LogP contribution in [0.1, 0.15) is 0 Å². The maximum atomic E-state index is 5.81. The zero-order chi connectivity index (χ0) is 8.55. The van der Waals surface area contributed by atoms with Gasteiger partial charge in [0.15, 0.2) is 5.15 Å². The molecule has 0 aliphatic rings. The molecule has 1 heterocycles. The first kappa shape index (κ1) is 8.19. The summed E-state index contributed by atoms with van der Waals surface area (Å²) in [7, 11) is 0. The smallest absolute Gasteiger partial charge is 0.149 e. The molecule has 0 saturated carbocycles. The van der Waals surface area contributed by atoms with Crippen molar-refractivity contribution in [3.63, 3.8) is 0 Å². The van der Waals surface area contributed by atoms with Gasteiger partial charge in [0.05, 0.1) is 9.09 Å². The highest BCUT2D eigenvalue weighted by Crippen LogP contribution is 2.23. The van der Waals surface area contributed by atoms with E-state index in [1.807, 2.05) is 24.3 Å². The van der Waals surface area contributed by atoms with E-state index in [4.69, 9.17) is 11.6 Å². The van der Waals surface area contributed by atoms with Gasteiger partial charge in [0.25, 0.3) is 0 Å². The molecule has 2 rings (SSSR count). The average Bonchev–Trinajstić information content (AvgIpc) is 2.12. The largest absolute Gasteiger partial charge is 0.165 e. The fourth-order valence-electron chi connectivity index (χ4n) is 0.999. The molecule has 0 amide bonds. The topological polar surface area (TPSA) is 25.8 Å². The van der Waals surface area contributed by atoms with E-state index in [-0.39, 0.29) is 0 Å². The Morgan fingerprint density at radius 3 is 2.75 bits per heavy atom. The monoisotopic (exact) mass is 290 g/mol. The van der Waals surface area contributed by atoms with Gasteiger partial charge in [-0.3, -0.25) is 0 Å². The first-order valence-electron chi connectivity index (χ1n) is 3.35. The zero-order valence-corrected chi connectivity index (χ0v) is 8.87. The number of halogens is 2. The van der Waals surface area contributed by atoms with Crippen LogP contribution in [0.5, 0.6) is 0 Å². The first-order valence-corrected chi connectivity index (χ1v) is 4.81. The standard InChI is InChI=1S/C8H4ClIN2/c9-8-7(10)5-3-1-2-4-6(5)11-12-8/h1-4H. The number of rotatable bonds is 0. The third-order valence-electron chi connectivity index (χ3n) is 1.57. The summed E-state index contributed by atoms with van der Waals surface area (Å²) in [5.74, 6) is 0. The fraction of sp³-hybridized carbons (Fsp3) is 0. The van der Waals surface area contributed by atoms with E-state index >= 15 is 0 Å². The van der Waals surface area contributed by atoms with Gasteiger partial charge in [-0.25, -0.2) is 0 Å². The van der Waals surface area contributed by atoms with Crippen LogP contribution in [0.3, 0.4) is 0 Å². The second kappa shape index (κ2) is 3.14. The molecule has 0 atom stereocenters. The quantitative estimate of drug-likeness (QED) is 0.697. The van der Waals surface area contributed by atoms with E-state index in [9.17, 15) is 0 Å². The minimum atomic E-state index is 0.467. The summed E-state index contributed by atoms with van der Waals surface area (Å²) >= 11 is 7.97. The molecular formula is C8H4ClIN2. The lowest BCUT2D eigenvalue weighted by atomic mass is 10.2. The predicted octanol–water partition coefficient (Wildman–Crippen LogP) is 2.89. The second-order valence-electron chi connectivity index (χ2n) is 2.32. The van der Waals surface area contributed by atoms with E-state index < -0.39 is 0 Å². The third kappa shape index (κ3) is 1.27. The average molecular weight is 290 g/mol. The Bertz CT molecular complexity index is 430. The van der Waals surface area contributed by atoms with Gasteiger partial charge in [-0.1, -0.05) is 29.8 Å². The van der Waals surface area contributed by atoms with Gasteiger partial charge < -0.3 is 0 Å². The molecule has 0 spiro atoms. The van der Waals surface area contributed by atoms with Crippen LogP contribution in [0.25, 0.3) is 10.9 Å². The molecular weight excluding hydrogens is 286 g/mol. The molecule has 4 heteroatoms. The highest BCUT2D eigenvalue weighted by molar-refractivity contribution is 14.1. The number of benzene rings is 1. The Hall–Kier alpha value is -0.420. The summed E-state index contributed by atoms with van der Waals surface area (Å²) in [5, 5.41) is 9.29. The molecule has 12 heavy (non-hydrogen) atoms. The van der Waals surface area contributed by atoms with Crippen molar-refractivity contribution in [1.82, 2.24) is 10.2 Å².